The third kappa shape index (κ3) is 7.26. The molecule has 0 saturated carbocycles. The van der Waals surface area contributed by atoms with E-state index in [1.165, 1.54) is 0 Å². The Morgan fingerprint density at radius 3 is 2.26 bits per heavy atom. The van der Waals surface area contributed by atoms with E-state index in [0.29, 0.717) is 11.3 Å². The van der Waals surface area contributed by atoms with Crippen LogP contribution in [0.2, 0.25) is 0 Å². The van der Waals surface area contributed by atoms with Crippen LogP contribution in [0.25, 0.3) is 0 Å². The van der Waals surface area contributed by atoms with Crippen molar-refractivity contribution in [3.05, 3.63) is 65.2 Å². The van der Waals surface area contributed by atoms with E-state index >= 15 is 0 Å². The van der Waals surface area contributed by atoms with Crippen LogP contribution in [0.4, 0.5) is 10.5 Å². The van der Waals surface area contributed by atoms with Gasteiger partial charge in [-0.2, -0.15) is 0 Å². The summed E-state index contributed by atoms with van der Waals surface area (Å²) in [7, 11) is 0. The van der Waals surface area contributed by atoms with Crippen molar-refractivity contribution in [2.24, 2.45) is 5.92 Å². The molecule has 0 heterocycles. The predicted octanol–water partition coefficient (Wildman–Crippen LogP) is 2.95. The first-order chi connectivity index (χ1) is 14.7. The Bertz CT molecular complexity index is 957. The molecule has 1 unspecified atom stereocenters. The van der Waals surface area contributed by atoms with E-state index in [0.717, 1.165) is 11.1 Å². The van der Waals surface area contributed by atoms with Gasteiger partial charge in [-0.1, -0.05) is 49.7 Å². The normalized spacial score (nSPS) is 11.4. The zero-order valence-electron chi connectivity index (χ0n) is 18.0. The van der Waals surface area contributed by atoms with Crippen molar-refractivity contribution in [1.82, 2.24) is 10.6 Å². The molecule has 164 valence electrons. The van der Waals surface area contributed by atoms with E-state index in [-0.39, 0.29) is 5.92 Å². The van der Waals surface area contributed by atoms with Crippen LogP contribution in [0.3, 0.4) is 0 Å². The Hall–Kier alpha value is -3.68. The minimum absolute atomic E-state index is 0.268. The first kappa shape index (κ1) is 23.6. The monoisotopic (exact) mass is 425 g/mol. The molecule has 8 heteroatoms. The van der Waals surface area contributed by atoms with Gasteiger partial charge >= 0.3 is 12.0 Å². The third-order valence-electron chi connectivity index (χ3n) is 4.47. The molecule has 0 spiro atoms. The maximum atomic E-state index is 12.4. The molecule has 0 radical (unpaired) electrons. The summed E-state index contributed by atoms with van der Waals surface area (Å²) in [5.74, 6) is -2.23. The number of aryl methyl sites for hydroxylation is 2. The molecule has 1 atom stereocenters. The second-order valence-corrected chi connectivity index (χ2v) is 7.49. The maximum Gasteiger partial charge on any atom is 0.329 e. The van der Waals surface area contributed by atoms with Crippen molar-refractivity contribution in [3.8, 4) is 0 Å². The Labute approximate surface area is 181 Å². The highest BCUT2D eigenvalue weighted by molar-refractivity contribution is 6.02. The average molecular weight is 425 g/mol. The number of hydrogen-bond acceptors (Lipinski definition) is 5. The van der Waals surface area contributed by atoms with Gasteiger partial charge in [0, 0.05) is 11.3 Å². The van der Waals surface area contributed by atoms with Gasteiger partial charge < -0.3 is 15.4 Å². The number of amides is 4. The van der Waals surface area contributed by atoms with Gasteiger partial charge in [0.2, 0.25) is 0 Å². The van der Waals surface area contributed by atoms with Gasteiger partial charge in [0.1, 0.15) is 6.04 Å². The second kappa shape index (κ2) is 10.9. The Kier molecular flexibility index (Phi) is 8.31. The molecule has 0 bridgehead atoms. The topological polar surface area (TPSA) is 114 Å². The van der Waals surface area contributed by atoms with Gasteiger partial charge in [-0.15, -0.1) is 0 Å². The summed E-state index contributed by atoms with van der Waals surface area (Å²) in [5.41, 5.74) is 2.87. The lowest BCUT2D eigenvalue weighted by atomic mass is 10.0. The fourth-order valence-corrected chi connectivity index (χ4v) is 2.81. The molecule has 4 amide bonds. The van der Waals surface area contributed by atoms with Crippen LogP contribution in [-0.4, -0.2) is 36.5 Å². The summed E-state index contributed by atoms with van der Waals surface area (Å²) >= 11 is 0. The van der Waals surface area contributed by atoms with Gasteiger partial charge in [-0.3, -0.25) is 14.9 Å². The smallest absolute Gasteiger partial charge is 0.329 e. The first-order valence-corrected chi connectivity index (χ1v) is 9.88. The number of imide groups is 1. The van der Waals surface area contributed by atoms with Gasteiger partial charge in [0.15, 0.2) is 6.61 Å². The molecule has 0 aromatic heterocycles. The lowest BCUT2D eigenvalue weighted by Gasteiger charge is -2.20. The van der Waals surface area contributed by atoms with E-state index in [9.17, 15) is 19.2 Å². The molecule has 0 saturated heterocycles. The summed E-state index contributed by atoms with van der Waals surface area (Å²) in [6.07, 6.45) is 0. The number of nitrogens with one attached hydrogen (secondary N) is 3. The SMILES string of the molecule is Cc1ccc(NC(=O)NC(=O)COC(=O)C(NC(=O)c2ccccc2)C(C)C)c(C)c1. The number of carbonyl (C=O) groups excluding carboxylic acids is 4. The molecule has 0 aliphatic heterocycles. The Balaban J connectivity index is 1.86. The van der Waals surface area contributed by atoms with Crippen molar-refractivity contribution >= 4 is 29.5 Å². The van der Waals surface area contributed by atoms with E-state index in [1.807, 2.05) is 26.0 Å². The van der Waals surface area contributed by atoms with Crippen molar-refractivity contribution in [2.75, 3.05) is 11.9 Å². The molecular weight excluding hydrogens is 398 g/mol. The summed E-state index contributed by atoms with van der Waals surface area (Å²) < 4.78 is 5.01. The molecule has 2 rings (SSSR count). The first-order valence-electron chi connectivity index (χ1n) is 9.88. The average Bonchev–Trinajstić information content (AvgIpc) is 2.72. The number of urea groups is 1. The third-order valence-corrected chi connectivity index (χ3v) is 4.47. The van der Waals surface area contributed by atoms with E-state index in [4.69, 9.17) is 4.74 Å². The van der Waals surface area contributed by atoms with E-state index in [2.05, 4.69) is 16.0 Å². The fourth-order valence-electron chi connectivity index (χ4n) is 2.81. The van der Waals surface area contributed by atoms with Gasteiger partial charge in [-0.05, 0) is 43.5 Å². The lowest BCUT2D eigenvalue weighted by molar-refractivity contribution is -0.151. The standard InChI is InChI=1S/C23H27N3O5/c1-14(2)20(26-21(28)17-8-6-5-7-9-17)22(29)31-13-19(27)25-23(30)24-18-11-10-15(3)12-16(18)4/h5-12,14,20H,13H2,1-4H3,(H,26,28)(H2,24,25,27,30). The summed E-state index contributed by atoms with van der Waals surface area (Å²) in [5, 5.41) is 7.30. The number of hydrogen-bond donors (Lipinski definition) is 3. The summed E-state index contributed by atoms with van der Waals surface area (Å²) in [4.78, 5) is 48.7. The highest BCUT2D eigenvalue weighted by atomic mass is 16.5. The predicted molar refractivity (Wildman–Crippen MR) is 117 cm³/mol. The van der Waals surface area contributed by atoms with E-state index < -0.39 is 36.5 Å². The van der Waals surface area contributed by atoms with Gasteiger partial charge in [0.05, 0.1) is 0 Å². The summed E-state index contributed by atoms with van der Waals surface area (Å²) in [6, 6.07) is 12.2. The number of carbonyl (C=O) groups is 4. The van der Waals surface area contributed by atoms with Crippen LogP contribution in [0, 0.1) is 19.8 Å². The van der Waals surface area contributed by atoms with E-state index in [1.54, 1.807) is 50.2 Å². The van der Waals surface area contributed by atoms with Gasteiger partial charge in [-0.25, -0.2) is 9.59 Å². The lowest BCUT2D eigenvalue weighted by Crippen LogP contribution is -2.46. The van der Waals surface area contributed by atoms with Crippen molar-refractivity contribution in [3.63, 3.8) is 0 Å². The van der Waals surface area contributed by atoms with Crippen LogP contribution >= 0.6 is 0 Å². The number of rotatable bonds is 7. The van der Waals surface area contributed by atoms with Crippen molar-refractivity contribution in [1.29, 1.82) is 0 Å². The Morgan fingerprint density at radius 2 is 1.65 bits per heavy atom. The minimum atomic E-state index is -0.940. The molecule has 31 heavy (non-hydrogen) atoms. The highest BCUT2D eigenvalue weighted by Gasteiger charge is 2.27. The molecule has 8 nitrogen and oxygen atoms in total. The van der Waals surface area contributed by atoms with Crippen molar-refractivity contribution < 1.29 is 23.9 Å². The highest BCUT2D eigenvalue weighted by Crippen LogP contribution is 2.15. The number of ether oxygens (including phenoxy) is 1. The summed E-state index contributed by atoms with van der Waals surface area (Å²) in [6.45, 7) is 6.61. The number of esters is 1. The molecule has 0 fully saturated rings. The Morgan fingerprint density at radius 1 is 0.968 bits per heavy atom. The molecular formula is C23H27N3O5. The molecule has 2 aromatic carbocycles. The van der Waals surface area contributed by atoms with Gasteiger partial charge in [0.25, 0.3) is 11.8 Å². The van der Waals surface area contributed by atoms with Crippen LogP contribution in [0.1, 0.15) is 35.3 Å². The number of anilines is 1. The molecule has 2 aromatic rings. The van der Waals surface area contributed by atoms with Crippen molar-refractivity contribution in [2.45, 2.75) is 33.7 Å². The van der Waals surface area contributed by atoms with Crippen LogP contribution in [0.5, 0.6) is 0 Å². The second-order valence-electron chi connectivity index (χ2n) is 7.49. The van der Waals surface area contributed by atoms with Crippen LogP contribution in [0.15, 0.2) is 48.5 Å². The molecule has 0 aliphatic carbocycles. The maximum absolute atomic E-state index is 12.4. The zero-order valence-corrected chi connectivity index (χ0v) is 18.0. The zero-order chi connectivity index (χ0) is 23.0. The quantitative estimate of drug-likeness (QED) is 0.590. The largest absolute Gasteiger partial charge is 0.454 e. The van der Waals surface area contributed by atoms with Crippen LogP contribution < -0.4 is 16.0 Å². The minimum Gasteiger partial charge on any atom is -0.454 e. The molecule has 0 aliphatic rings. The fraction of sp³-hybridized carbons (Fsp3) is 0.304. The van der Waals surface area contributed by atoms with Crippen LogP contribution in [-0.2, 0) is 14.3 Å². The molecule has 3 N–H and O–H groups in total. The number of benzene rings is 2.